The van der Waals surface area contributed by atoms with Crippen LogP contribution in [0.3, 0.4) is 0 Å². The minimum absolute atomic E-state index is 0.0490. The quantitative estimate of drug-likeness (QED) is 0.570. The van der Waals surface area contributed by atoms with Gasteiger partial charge in [-0.2, -0.15) is 8.42 Å². The van der Waals surface area contributed by atoms with E-state index in [9.17, 15) is 18.0 Å². The van der Waals surface area contributed by atoms with Gasteiger partial charge in [0.15, 0.2) is 0 Å². The normalized spacial score (nSPS) is 28.1. The largest absolute Gasteiger partial charge is 0.379 e. The highest BCUT2D eigenvalue weighted by Gasteiger charge is 2.61. The molecule has 0 radical (unpaired) electrons. The molecule has 1 heterocycles. The highest BCUT2D eigenvalue weighted by atomic mass is 32.2. The van der Waals surface area contributed by atoms with Crippen molar-refractivity contribution < 1.29 is 22.2 Å². The molecule has 0 N–H and O–H groups in total. The number of carbonyl (C=O) groups is 2. The molecular formula is C22H21NO5S. The number of benzene rings is 2. The molecule has 1 saturated heterocycles. The second-order valence-corrected chi connectivity index (χ2v) is 9.79. The minimum Gasteiger partial charge on any atom is -0.379 e. The van der Waals surface area contributed by atoms with Crippen LogP contribution in [0.15, 0.2) is 53.4 Å². The fourth-order valence-corrected chi connectivity index (χ4v) is 6.14. The summed E-state index contributed by atoms with van der Waals surface area (Å²) < 4.78 is 30.4. The van der Waals surface area contributed by atoms with E-state index < -0.39 is 10.1 Å². The van der Waals surface area contributed by atoms with Gasteiger partial charge in [0, 0.05) is 6.07 Å². The number of nitrogens with zero attached hydrogens (tertiary/aromatic N) is 1. The summed E-state index contributed by atoms with van der Waals surface area (Å²) >= 11 is 0. The van der Waals surface area contributed by atoms with Crippen LogP contribution in [0.25, 0.3) is 0 Å². The van der Waals surface area contributed by atoms with Crippen LogP contribution >= 0.6 is 0 Å². The summed E-state index contributed by atoms with van der Waals surface area (Å²) in [5.41, 5.74) is 1.31. The van der Waals surface area contributed by atoms with E-state index in [0.29, 0.717) is 17.5 Å². The van der Waals surface area contributed by atoms with Crippen LogP contribution in [0.1, 0.15) is 24.8 Å². The Balaban J connectivity index is 1.43. The summed E-state index contributed by atoms with van der Waals surface area (Å²) in [4.78, 5) is 27.2. The molecule has 2 amide bonds. The van der Waals surface area contributed by atoms with E-state index >= 15 is 0 Å². The van der Waals surface area contributed by atoms with Crippen molar-refractivity contribution in [3.63, 3.8) is 0 Å². The van der Waals surface area contributed by atoms with Crippen molar-refractivity contribution in [3.05, 3.63) is 54.1 Å². The molecule has 4 atom stereocenters. The highest BCUT2D eigenvalue weighted by molar-refractivity contribution is 7.87. The summed E-state index contributed by atoms with van der Waals surface area (Å²) in [5, 5.41) is 0. The predicted octanol–water partition coefficient (Wildman–Crippen LogP) is 3.30. The molecule has 7 heteroatoms. The molecule has 2 aliphatic carbocycles. The lowest BCUT2D eigenvalue weighted by atomic mass is 9.81. The maximum Gasteiger partial charge on any atom is 0.339 e. The third-order valence-corrected chi connectivity index (χ3v) is 7.78. The van der Waals surface area contributed by atoms with E-state index in [1.54, 1.807) is 24.3 Å². The lowest BCUT2D eigenvalue weighted by molar-refractivity contribution is -0.123. The molecule has 0 unspecified atom stereocenters. The summed E-state index contributed by atoms with van der Waals surface area (Å²) in [7, 11) is -4.01. The van der Waals surface area contributed by atoms with Crippen LogP contribution in [0.5, 0.6) is 5.75 Å². The molecule has 29 heavy (non-hydrogen) atoms. The summed E-state index contributed by atoms with van der Waals surface area (Å²) in [6.07, 6.45) is 2.99. The number of anilines is 1. The Bertz CT molecular complexity index is 1080. The Kier molecular flexibility index (Phi) is 4.07. The lowest BCUT2D eigenvalue weighted by Gasteiger charge is -2.19. The van der Waals surface area contributed by atoms with E-state index in [4.69, 9.17) is 4.18 Å². The van der Waals surface area contributed by atoms with E-state index in [1.165, 1.54) is 29.2 Å². The Morgan fingerprint density at radius 2 is 1.55 bits per heavy atom. The molecule has 2 aromatic rings. The molecule has 5 rings (SSSR count). The first-order valence-corrected chi connectivity index (χ1v) is 11.2. The number of carbonyl (C=O) groups excluding carboxylic acids is 2. The third-order valence-electron chi connectivity index (χ3n) is 6.52. The first-order chi connectivity index (χ1) is 13.8. The third kappa shape index (κ3) is 2.87. The molecule has 150 valence electrons. The van der Waals surface area contributed by atoms with Crippen LogP contribution in [-0.2, 0) is 19.7 Å². The Morgan fingerprint density at radius 1 is 0.931 bits per heavy atom. The first-order valence-electron chi connectivity index (χ1n) is 9.84. The van der Waals surface area contributed by atoms with Crippen LogP contribution in [0, 0.1) is 30.6 Å². The Hall–Kier alpha value is -2.67. The van der Waals surface area contributed by atoms with Crippen molar-refractivity contribution in [2.45, 2.75) is 31.1 Å². The SMILES string of the molecule is Cc1ccc(S(=O)(=O)Oc2cccc(N3C(=O)[C@@H]4[C@H]5CC[C@@H](C5)[C@@H]4C3=O)c2)cc1. The van der Waals surface area contributed by atoms with Crippen molar-refractivity contribution in [1.29, 1.82) is 0 Å². The molecule has 2 bridgehead atoms. The van der Waals surface area contributed by atoms with Gasteiger partial charge in [-0.25, -0.2) is 4.90 Å². The Morgan fingerprint density at radius 3 is 2.17 bits per heavy atom. The summed E-state index contributed by atoms with van der Waals surface area (Å²) in [6.45, 7) is 1.87. The van der Waals surface area contributed by atoms with Gasteiger partial charge in [-0.3, -0.25) is 9.59 Å². The standard InChI is InChI=1S/C22H21NO5S/c1-13-5-9-18(10-6-13)29(26,27)28-17-4-2-3-16(12-17)23-21(24)19-14-7-8-15(11-14)20(19)22(23)25/h2-6,9-10,12,14-15,19-20H,7-8,11H2,1H3/t14-,15-,19-,20+/m0/s1. The van der Waals surface area contributed by atoms with Crippen LogP contribution in [-0.4, -0.2) is 20.2 Å². The van der Waals surface area contributed by atoms with E-state index in [0.717, 1.165) is 24.8 Å². The van der Waals surface area contributed by atoms with E-state index in [-0.39, 0.29) is 34.3 Å². The molecule has 2 aromatic carbocycles. The second kappa shape index (κ2) is 6.42. The molecule has 6 nitrogen and oxygen atoms in total. The molecule has 3 fully saturated rings. The van der Waals surface area contributed by atoms with Crippen LogP contribution < -0.4 is 9.08 Å². The van der Waals surface area contributed by atoms with Gasteiger partial charge in [-0.05, 0) is 62.3 Å². The van der Waals surface area contributed by atoms with E-state index in [1.807, 2.05) is 6.92 Å². The van der Waals surface area contributed by atoms with Crippen molar-refractivity contribution in [3.8, 4) is 5.75 Å². The number of hydrogen-bond donors (Lipinski definition) is 0. The maximum absolute atomic E-state index is 13.0. The van der Waals surface area contributed by atoms with Gasteiger partial charge in [-0.1, -0.05) is 23.8 Å². The zero-order chi connectivity index (χ0) is 20.3. The fraction of sp³-hybridized carbons (Fsp3) is 0.364. The number of imide groups is 1. The van der Waals surface area contributed by atoms with Gasteiger partial charge in [0.25, 0.3) is 0 Å². The average Bonchev–Trinajstić information content (AvgIpc) is 3.36. The van der Waals surface area contributed by atoms with Crippen molar-refractivity contribution in [1.82, 2.24) is 0 Å². The number of amides is 2. The van der Waals surface area contributed by atoms with Crippen molar-refractivity contribution in [2.75, 3.05) is 4.90 Å². The van der Waals surface area contributed by atoms with Crippen molar-refractivity contribution in [2.24, 2.45) is 23.7 Å². The minimum atomic E-state index is -4.01. The van der Waals surface area contributed by atoms with E-state index in [2.05, 4.69) is 0 Å². The number of aryl methyl sites for hydroxylation is 1. The first kappa shape index (κ1) is 18.4. The van der Waals surface area contributed by atoms with Gasteiger partial charge in [0.1, 0.15) is 10.6 Å². The average molecular weight is 411 g/mol. The van der Waals surface area contributed by atoms with Gasteiger partial charge >= 0.3 is 10.1 Å². The number of fused-ring (bicyclic) bond motifs is 5. The van der Waals surface area contributed by atoms with Gasteiger partial charge in [0.05, 0.1) is 17.5 Å². The predicted molar refractivity (Wildman–Crippen MR) is 106 cm³/mol. The topological polar surface area (TPSA) is 80.8 Å². The lowest BCUT2D eigenvalue weighted by Crippen LogP contribution is -2.32. The summed E-state index contributed by atoms with van der Waals surface area (Å²) in [5.74, 6) is -0.0926. The molecule has 2 saturated carbocycles. The van der Waals surface area contributed by atoms with Crippen LogP contribution in [0.2, 0.25) is 0 Å². The monoisotopic (exact) mass is 411 g/mol. The zero-order valence-electron chi connectivity index (χ0n) is 15.9. The maximum atomic E-state index is 13.0. The highest BCUT2D eigenvalue weighted by Crippen LogP contribution is 2.56. The van der Waals surface area contributed by atoms with Gasteiger partial charge in [0.2, 0.25) is 11.8 Å². The Labute approximate surface area is 169 Å². The molecule has 0 spiro atoms. The second-order valence-electron chi connectivity index (χ2n) is 8.24. The van der Waals surface area contributed by atoms with Gasteiger partial charge in [-0.15, -0.1) is 0 Å². The fourth-order valence-electron chi connectivity index (χ4n) is 5.22. The molecular weight excluding hydrogens is 390 g/mol. The number of hydrogen-bond acceptors (Lipinski definition) is 5. The molecule has 0 aromatic heterocycles. The zero-order valence-corrected chi connectivity index (χ0v) is 16.8. The molecule has 3 aliphatic rings. The summed E-state index contributed by atoms with van der Waals surface area (Å²) in [6, 6.07) is 12.6. The smallest absolute Gasteiger partial charge is 0.339 e. The van der Waals surface area contributed by atoms with Gasteiger partial charge < -0.3 is 4.18 Å². The molecule has 1 aliphatic heterocycles. The van der Waals surface area contributed by atoms with Crippen molar-refractivity contribution >= 4 is 27.6 Å². The number of rotatable bonds is 4. The van der Waals surface area contributed by atoms with Crippen LogP contribution in [0.4, 0.5) is 5.69 Å².